The highest BCUT2D eigenvalue weighted by molar-refractivity contribution is 6.43. The van der Waals surface area contributed by atoms with Gasteiger partial charge in [-0.3, -0.25) is 9.59 Å². The number of hydrogen-bond donors (Lipinski definition) is 0. The van der Waals surface area contributed by atoms with E-state index in [1.807, 2.05) is 13.8 Å². The van der Waals surface area contributed by atoms with Crippen LogP contribution in [-0.4, -0.2) is 24.1 Å². The molecular weight excluding hydrogens is 232 g/mol. The molecule has 18 heavy (non-hydrogen) atoms. The van der Waals surface area contributed by atoms with Crippen molar-refractivity contribution in [2.45, 2.75) is 33.6 Å². The first-order chi connectivity index (χ1) is 8.24. The van der Waals surface area contributed by atoms with Crippen LogP contribution in [0.3, 0.4) is 0 Å². The van der Waals surface area contributed by atoms with Crippen LogP contribution in [0.15, 0.2) is 12.2 Å². The number of esters is 1. The molecule has 2 aliphatic rings. The fraction of sp³-hybridized carbons (Fsp3) is 0.643. The molecule has 0 heterocycles. The van der Waals surface area contributed by atoms with Gasteiger partial charge in [0.25, 0.3) is 0 Å². The molecular formula is C14H18O4. The molecule has 4 heteroatoms. The van der Waals surface area contributed by atoms with Gasteiger partial charge in [0.2, 0.25) is 11.6 Å². The van der Waals surface area contributed by atoms with Crippen molar-refractivity contribution in [2.24, 2.45) is 16.7 Å². The Morgan fingerprint density at radius 3 is 2.50 bits per heavy atom. The molecule has 2 atom stereocenters. The summed E-state index contributed by atoms with van der Waals surface area (Å²) in [5, 5.41) is 0. The summed E-state index contributed by atoms with van der Waals surface area (Å²) < 4.78 is 5.15. The summed E-state index contributed by atoms with van der Waals surface area (Å²) in [5.41, 5.74) is -0.938. The van der Waals surface area contributed by atoms with Crippen LogP contribution in [0.4, 0.5) is 0 Å². The second-order valence-electron chi connectivity index (χ2n) is 5.94. The normalized spacial score (nSPS) is 32.7. The SMILES string of the molecule is C=C(C)C(=O)OC[C@@]12CC[C@@H](C(=O)C1=O)C2(C)C. The molecule has 0 aromatic heterocycles. The molecule has 2 bridgehead atoms. The monoisotopic (exact) mass is 250 g/mol. The zero-order valence-corrected chi connectivity index (χ0v) is 11.0. The molecule has 0 radical (unpaired) electrons. The Hall–Kier alpha value is -1.45. The lowest BCUT2D eigenvalue weighted by molar-refractivity contribution is -0.151. The molecule has 0 aromatic rings. The van der Waals surface area contributed by atoms with Crippen LogP contribution in [0.25, 0.3) is 0 Å². The van der Waals surface area contributed by atoms with Crippen molar-refractivity contribution in [3.05, 3.63) is 12.2 Å². The maximum atomic E-state index is 12.1. The molecule has 0 N–H and O–H groups in total. The minimum absolute atomic E-state index is 0.00718. The highest BCUT2D eigenvalue weighted by Gasteiger charge is 2.69. The van der Waals surface area contributed by atoms with Crippen LogP contribution in [0, 0.1) is 16.7 Å². The lowest BCUT2D eigenvalue weighted by Gasteiger charge is -2.34. The second-order valence-corrected chi connectivity index (χ2v) is 5.94. The zero-order valence-electron chi connectivity index (χ0n) is 11.0. The van der Waals surface area contributed by atoms with Crippen LogP contribution >= 0.6 is 0 Å². The largest absolute Gasteiger partial charge is 0.461 e. The van der Waals surface area contributed by atoms with E-state index in [4.69, 9.17) is 4.74 Å². The van der Waals surface area contributed by atoms with Gasteiger partial charge < -0.3 is 4.74 Å². The van der Waals surface area contributed by atoms with E-state index in [0.29, 0.717) is 18.4 Å². The summed E-state index contributed by atoms with van der Waals surface area (Å²) >= 11 is 0. The maximum Gasteiger partial charge on any atom is 0.333 e. The van der Waals surface area contributed by atoms with Crippen LogP contribution in [-0.2, 0) is 19.1 Å². The van der Waals surface area contributed by atoms with Gasteiger partial charge in [-0.1, -0.05) is 20.4 Å². The number of ketones is 2. The molecule has 2 fully saturated rings. The minimum Gasteiger partial charge on any atom is -0.461 e. The summed E-state index contributed by atoms with van der Waals surface area (Å²) in [6.45, 7) is 8.89. The number of carbonyl (C=O) groups is 3. The molecule has 0 aromatic carbocycles. The lowest BCUT2D eigenvalue weighted by Crippen LogP contribution is -2.42. The number of rotatable bonds is 3. The first-order valence-electron chi connectivity index (χ1n) is 6.15. The highest BCUT2D eigenvalue weighted by Crippen LogP contribution is 2.62. The van der Waals surface area contributed by atoms with E-state index >= 15 is 0 Å². The van der Waals surface area contributed by atoms with E-state index in [9.17, 15) is 14.4 Å². The third-order valence-electron chi connectivity index (χ3n) is 4.74. The van der Waals surface area contributed by atoms with Crippen molar-refractivity contribution < 1.29 is 19.1 Å². The van der Waals surface area contributed by atoms with Gasteiger partial charge in [-0.05, 0) is 25.2 Å². The Morgan fingerprint density at radius 1 is 1.44 bits per heavy atom. The molecule has 2 saturated carbocycles. The predicted molar refractivity (Wildman–Crippen MR) is 64.7 cm³/mol. The minimum atomic E-state index is -0.820. The van der Waals surface area contributed by atoms with Crippen molar-refractivity contribution in [3.8, 4) is 0 Å². The van der Waals surface area contributed by atoms with Crippen molar-refractivity contribution in [2.75, 3.05) is 6.61 Å². The summed E-state index contributed by atoms with van der Waals surface area (Å²) in [6, 6.07) is 0. The second kappa shape index (κ2) is 3.77. The molecule has 0 saturated heterocycles. The molecule has 0 aliphatic heterocycles. The summed E-state index contributed by atoms with van der Waals surface area (Å²) in [4.78, 5) is 35.4. The molecule has 98 valence electrons. The maximum absolute atomic E-state index is 12.1. The topological polar surface area (TPSA) is 60.4 Å². The van der Waals surface area contributed by atoms with Gasteiger partial charge in [0.05, 0.1) is 5.41 Å². The Morgan fingerprint density at radius 2 is 2.06 bits per heavy atom. The standard InChI is InChI=1S/C14H18O4/c1-8(2)12(17)18-7-14-6-5-9(13(14,3)4)10(15)11(14)16/h9H,1,5-7H2,2-4H3/t9-,14-/m0/s1. The van der Waals surface area contributed by atoms with E-state index in [0.717, 1.165) is 0 Å². The van der Waals surface area contributed by atoms with E-state index in [2.05, 4.69) is 6.58 Å². The van der Waals surface area contributed by atoms with E-state index < -0.39 is 16.8 Å². The molecule has 0 unspecified atom stereocenters. The summed E-state index contributed by atoms with van der Waals surface area (Å²) in [6.07, 6.45) is 1.33. The van der Waals surface area contributed by atoms with Gasteiger partial charge in [0.1, 0.15) is 6.61 Å². The van der Waals surface area contributed by atoms with Crippen LogP contribution in [0.1, 0.15) is 33.6 Å². The Labute approximate surface area is 106 Å². The fourth-order valence-corrected chi connectivity index (χ4v) is 3.30. The highest BCUT2D eigenvalue weighted by atomic mass is 16.5. The number of carbonyl (C=O) groups excluding carboxylic acids is 3. The predicted octanol–water partition coefficient (Wildman–Crippen LogP) is 1.68. The van der Waals surface area contributed by atoms with Gasteiger partial charge in [0.15, 0.2) is 0 Å². The third-order valence-corrected chi connectivity index (χ3v) is 4.74. The van der Waals surface area contributed by atoms with Gasteiger partial charge in [0, 0.05) is 11.5 Å². The Balaban J connectivity index is 2.24. The van der Waals surface area contributed by atoms with Crippen molar-refractivity contribution in [1.82, 2.24) is 0 Å². The number of Topliss-reactive ketones (excluding diaryl/α,β-unsaturated/α-hetero) is 2. The van der Waals surface area contributed by atoms with E-state index in [-0.39, 0.29) is 24.1 Å². The Kier molecular flexibility index (Phi) is 2.72. The first-order valence-corrected chi connectivity index (χ1v) is 6.15. The third kappa shape index (κ3) is 1.41. The van der Waals surface area contributed by atoms with Crippen molar-refractivity contribution >= 4 is 17.5 Å². The fourth-order valence-electron chi connectivity index (χ4n) is 3.30. The van der Waals surface area contributed by atoms with Gasteiger partial charge >= 0.3 is 5.97 Å². The number of ether oxygens (including phenoxy) is 1. The molecule has 2 aliphatic carbocycles. The van der Waals surface area contributed by atoms with E-state index in [1.165, 1.54) is 0 Å². The summed E-state index contributed by atoms with van der Waals surface area (Å²) in [5.74, 6) is -1.37. The van der Waals surface area contributed by atoms with E-state index in [1.54, 1.807) is 6.92 Å². The molecule has 2 rings (SSSR count). The Bertz CT molecular complexity index is 460. The average molecular weight is 250 g/mol. The average Bonchev–Trinajstić information content (AvgIpc) is 2.62. The van der Waals surface area contributed by atoms with Crippen molar-refractivity contribution in [3.63, 3.8) is 0 Å². The van der Waals surface area contributed by atoms with Gasteiger partial charge in [-0.15, -0.1) is 0 Å². The van der Waals surface area contributed by atoms with Crippen molar-refractivity contribution in [1.29, 1.82) is 0 Å². The number of hydrogen-bond acceptors (Lipinski definition) is 4. The van der Waals surface area contributed by atoms with Gasteiger partial charge in [-0.25, -0.2) is 4.79 Å². The molecule has 0 amide bonds. The van der Waals surface area contributed by atoms with Crippen LogP contribution in [0.2, 0.25) is 0 Å². The lowest BCUT2D eigenvalue weighted by atomic mass is 9.69. The molecule has 0 spiro atoms. The smallest absolute Gasteiger partial charge is 0.333 e. The number of fused-ring (bicyclic) bond motifs is 2. The quantitative estimate of drug-likeness (QED) is 0.434. The molecule has 4 nitrogen and oxygen atoms in total. The summed E-state index contributed by atoms with van der Waals surface area (Å²) in [7, 11) is 0. The first kappa shape index (κ1) is 13.0. The zero-order chi connectivity index (χ0) is 13.7. The van der Waals surface area contributed by atoms with Crippen LogP contribution in [0.5, 0.6) is 0 Å². The van der Waals surface area contributed by atoms with Gasteiger partial charge in [-0.2, -0.15) is 0 Å². The van der Waals surface area contributed by atoms with Crippen LogP contribution < -0.4 is 0 Å².